The predicted molar refractivity (Wildman–Crippen MR) is 53.1 cm³/mol. The predicted octanol–water partition coefficient (Wildman–Crippen LogP) is -0.0596. The molecule has 2 rings (SSSR count). The van der Waals surface area contributed by atoms with E-state index in [0.717, 1.165) is 6.08 Å². The van der Waals surface area contributed by atoms with E-state index in [1.165, 1.54) is 0 Å². The molecule has 0 heterocycles. The van der Waals surface area contributed by atoms with Gasteiger partial charge >= 0.3 is 11.9 Å². The molecule has 0 aliphatic heterocycles. The van der Waals surface area contributed by atoms with Gasteiger partial charge in [-0.2, -0.15) is 0 Å². The SMILES string of the molecule is O=C(O)CC(C(=O)O)C1=CC(=O)C2=C(C2)C1=O. The number of carboxylic acid groups (broad SMARTS) is 2. The van der Waals surface area contributed by atoms with Crippen LogP contribution in [0.15, 0.2) is 22.8 Å². The first kappa shape index (κ1) is 11.3. The van der Waals surface area contributed by atoms with Crippen LogP contribution in [-0.2, 0) is 19.2 Å². The van der Waals surface area contributed by atoms with E-state index in [-0.39, 0.29) is 17.8 Å². The van der Waals surface area contributed by atoms with Crippen molar-refractivity contribution >= 4 is 23.5 Å². The molecule has 0 radical (unpaired) electrons. The molecular formula is C11H8O6. The highest BCUT2D eigenvalue weighted by Gasteiger charge is 2.42. The fourth-order valence-corrected chi connectivity index (χ4v) is 1.82. The number of rotatable bonds is 4. The number of hydrogen-bond acceptors (Lipinski definition) is 4. The lowest BCUT2D eigenvalue weighted by Gasteiger charge is -2.13. The summed E-state index contributed by atoms with van der Waals surface area (Å²) in [7, 11) is 0. The maximum atomic E-state index is 11.7. The summed E-state index contributed by atoms with van der Waals surface area (Å²) in [6.45, 7) is 0. The largest absolute Gasteiger partial charge is 0.481 e. The van der Waals surface area contributed by atoms with Crippen molar-refractivity contribution in [2.24, 2.45) is 5.92 Å². The zero-order chi connectivity index (χ0) is 12.7. The van der Waals surface area contributed by atoms with Gasteiger partial charge in [-0.15, -0.1) is 0 Å². The van der Waals surface area contributed by atoms with Crippen LogP contribution >= 0.6 is 0 Å². The van der Waals surface area contributed by atoms with Crippen molar-refractivity contribution in [3.05, 3.63) is 22.8 Å². The van der Waals surface area contributed by atoms with Gasteiger partial charge in [-0.3, -0.25) is 19.2 Å². The second kappa shape index (κ2) is 3.65. The van der Waals surface area contributed by atoms with E-state index in [1.54, 1.807) is 0 Å². The molecule has 0 spiro atoms. The first-order valence-corrected chi connectivity index (χ1v) is 4.89. The monoisotopic (exact) mass is 236 g/mol. The van der Waals surface area contributed by atoms with Gasteiger partial charge in [-0.25, -0.2) is 0 Å². The maximum absolute atomic E-state index is 11.7. The maximum Gasteiger partial charge on any atom is 0.311 e. The fourth-order valence-electron chi connectivity index (χ4n) is 1.82. The minimum Gasteiger partial charge on any atom is -0.481 e. The van der Waals surface area contributed by atoms with E-state index in [0.29, 0.717) is 11.1 Å². The number of carbonyl (C=O) groups is 4. The van der Waals surface area contributed by atoms with Crippen LogP contribution in [0.2, 0.25) is 0 Å². The molecule has 0 bridgehead atoms. The number of aliphatic carboxylic acids is 2. The lowest BCUT2D eigenvalue weighted by Crippen LogP contribution is -2.25. The molecule has 6 nitrogen and oxygen atoms in total. The zero-order valence-corrected chi connectivity index (χ0v) is 8.60. The Morgan fingerprint density at radius 1 is 1.24 bits per heavy atom. The van der Waals surface area contributed by atoms with E-state index in [2.05, 4.69) is 0 Å². The van der Waals surface area contributed by atoms with Crippen LogP contribution in [-0.4, -0.2) is 33.7 Å². The lowest BCUT2D eigenvalue weighted by molar-refractivity contribution is -0.147. The quantitative estimate of drug-likeness (QED) is 0.662. The third kappa shape index (κ3) is 1.89. The molecule has 0 saturated heterocycles. The third-order valence-electron chi connectivity index (χ3n) is 2.77. The Bertz CT molecular complexity index is 522. The summed E-state index contributed by atoms with van der Waals surface area (Å²) in [4.78, 5) is 44.5. The highest BCUT2D eigenvalue weighted by Crippen LogP contribution is 2.40. The second-order valence-corrected chi connectivity index (χ2v) is 3.92. The molecule has 88 valence electrons. The van der Waals surface area contributed by atoms with Gasteiger partial charge in [0.05, 0.1) is 12.3 Å². The van der Waals surface area contributed by atoms with Crippen LogP contribution in [0.5, 0.6) is 0 Å². The van der Waals surface area contributed by atoms with Crippen LogP contribution < -0.4 is 0 Å². The Morgan fingerprint density at radius 3 is 2.41 bits per heavy atom. The molecule has 0 saturated carbocycles. The third-order valence-corrected chi connectivity index (χ3v) is 2.77. The van der Waals surface area contributed by atoms with Crippen LogP contribution in [0.25, 0.3) is 0 Å². The number of carboxylic acids is 2. The second-order valence-electron chi connectivity index (χ2n) is 3.92. The number of allylic oxidation sites excluding steroid dienone is 3. The molecule has 17 heavy (non-hydrogen) atoms. The molecule has 0 fully saturated rings. The summed E-state index contributed by atoms with van der Waals surface area (Å²) in [5.41, 5.74) is 0.517. The van der Waals surface area contributed by atoms with Crippen LogP contribution in [0.4, 0.5) is 0 Å². The van der Waals surface area contributed by atoms with Crippen molar-refractivity contribution in [1.29, 1.82) is 0 Å². The van der Waals surface area contributed by atoms with Crippen LogP contribution in [0.3, 0.4) is 0 Å². The molecule has 0 aromatic heterocycles. The number of hydrogen-bond donors (Lipinski definition) is 2. The fraction of sp³-hybridized carbons (Fsp3) is 0.273. The molecule has 0 aromatic carbocycles. The van der Waals surface area contributed by atoms with E-state index in [1.807, 2.05) is 0 Å². The highest BCUT2D eigenvalue weighted by atomic mass is 16.4. The van der Waals surface area contributed by atoms with Gasteiger partial charge in [0.15, 0.2) is 11.6 Å². The normalized spacial score (nSPS) is 19.6. The van der Waals surface area contributed by atoms with E-state index >= 15 is 0 Å². The van der Waals surface area contributed by atoms with Crippen molar-refractivity contribution in [2.75, 3.05) is 0 Å². The highest BCUT2D eigenvalue weighted by molar-refractivity contribution is 6.29. The van der Waals surface area contributed by atoms with Crippen molar-refractivity contribution in [3.8, 4) is 0 Å². The molecule has 1 atom stereocenters. The van der Waals surface area contributed by atoms with Gasteiger partial charge in [0.2, 0.25) is 0 Å². The smallest absolute Gasteiger partial charge is 0.311 e. The van der Waals surface area contributed by atoms with Gasteiger partial charge in [-0.05, 0) is 6.08 Å². The first-order chi connectivity index (χ1) is 7.91. The summed E-state index contributed by atoms with van der Waals surface area (Å²) in [6.07, 6.45) is 0.537. The molecular weight excluding hydrogens is 228 g/mol. The summed E-state index contributed by atoms with van der Waals surface area (Å²) < 4.78 is 0. The number of ketones is 2. The Kier molecular flexibility index (Phi) is 2.42. The topological polar surface area (TPSA) is 109 Å². The van der Waals surface area contributed by atoms with Crippen molar-refractivity contribution < 1.29 is 29.4 Å². The molecule has 2 aliphatic carbocycles. The Labute approximate surface area is 95.2 Å². The summed E-state index contributed by atoms with van der Waals surface area (Å²) in [6, 6.07) is 0. The molecule has 2 N–H and O–H groups in total. The summed E-state index contributed by atoms with van der Waals surface area (Å²) in [5, 5.41) is 17.5. The van der Waals surface area contributed by atoms with E-state index in [9.17, 15) is 19.2 Å². The molecule has 6 heteroatoms. The Balaban J connectivity index is 2.31. The molecule has 0 amide bonds. The molecule has 2 aliphatic rings. The number of carbonyl (C=O) groups excluding carboxylic acids is 2. The van der Waals surface area contributed by atoms with E-state index < -0.39 is 30.1 Å². The van der Waals surface area contributed by atoms with Gasteiger partial charge in [0, 0.05) is 23.1 Å². The van der Waals surface area contributed by atoms with Gasteiger partial charge < -0.3 is 10.2 Å². The molecule has 0 aromatic rings. The average Bonchev–Trinajstić information content (AvgIpc) is 3.00. The molecule has 1 unspecified atom stereocenters. The Hall–Kier alpha value is -2.24. The average molecular weight is 236 g/mol. The van der Waals surface area contributed by atoms with Crippen molar-refractivity contribution in [1.82, 2.24) is 0 Å². The van der Waals surface area contributed by atoms with Crippen molar-refractivity contribution in [3.63, 3.8) is 0 Å². The van der Waals surface area contributed by atoms with Gasteiger partial charge in [-0.1, -0.05) is 0 Å². The van der Waals surface area contributed by atoms with Gasteiger partial charge in [0.1, 0.15) is 0 Å². The standard InChI is InChI=1S/C11H8O6/c12-8-2-6(10(15)5-1-4(5)8)7(11(16)17)3-9(13)14/h2,7H,1,3H2,(H,13,14)(H,16,17). The number of Topliss-reactive ketones (excluding diaryl/α,β-unsaturated/α-hetero) is 1. The van der Waals surface area contributed by atoms with Crippen LogP contribution in [0.1, 0.15) is 12.8 Å². The van der Waals surface area contributed by atoms with Gasteiger partial charge in [0.25, 0.3) is 0 Å². The Morgan fingerprint density at radius 2 is 1.88 bits per heavy atom. The minimum atomic E-state index is -1.46. The van der Waals surface area contributed by atoms with E-state index in [4.69, 9.17) is 10.2 Å². The zero-order valence-electron chi connectivity index (χ0n) is 8.60. The minimum absolute atomic E-state index is 0.221. The first-order valence-electron chi connectivity index (χ1n) is 4.89. The lowest BCUT2D eigenvalue weighted by atomic mass is 9.88. The summed E-state index contributed by atoms with van der Waals surface area (Å²) >= 11 is 0. The summed E-state index contributed by atoms with van der Waals surface area (Å²) in [5.74, 6) is -5.09. The van der Waals surface area contributed by atoms with Crippen LogP contribution in [0, 0.1) is 5.92 Å². The van der Waals surface area contributed by atoms with Crippen molar-refractivity contribution in [2.45, 2.75) is 12.8 Å².